The predicted molar refractivity (Wildman–Crippen MR) is 75.3 cm³/mol. The molecule has 0 amide bonds. The quantitative estimate of drug-likeness (QED) is 0.756. The highest BCUT2D eigenvalue weighted by molar-refractivity contribution is 9.10. The maximum Gasteiger partial charge on any atom is 0.155 e. The zero-order chi connectivity index (χ0) is 13.8. The highest BCUT2D eigenvalue weighted by atomic mass is 79.9. The highest BCUT2D eigenvalue weighted by Gasteiger charge is 2.08. The van der Waals surface area contributed by atoms with Gasteiger partial charge in [0.2, 0.25) is 0 Å². The van der Waals surface area contributed by atoms with Gasteiger partial charge < -0.3 is 4.74 Å². The summed E-state index contributed by atoms with van der Waals surface area (Å²) in [6.07, 6.45) is 0.651. The van der Waals surface area contributed by atoms with Crippen LogP contribution in [0.3, 0.4) is 0 Å². The average Bonchev–Trinajstić information content (AvgIpc) is 2.40. The smallest absolute Gasteiger partial charge is 0.155 e. The Labute approximate surface area is 123 Å². The van der Waals surface area contributed by atoms with Gasteiger partial charge in [-0.05, 0) is 45.8 Å². The van der Waals surface area contributed by atoms with Crippen LogP contribution in [0.1, 0.15) is 15.9 Å². The van der Waals surface area contributed by atoms with Crippen LogP contribution in [-0.2, 0) is 6.61 Å². The largest absolute Gasteiger partial charge is 0.488 e. The van der Waals surface area contributed by atoms with Gasteiger partial charge in [-0.3, -0.25) is 4.79 Å². The molecule has 2 aromatic carbocycles. The Kier molecular flexibility index (Phi) is 4.56. The number of aldehydes is 1. The van der Waals surface area contributed by atoms with Gasteiger partial charge in [0.25, 0.3) is 0 Å². The van der Waals surface area contributed by atoms with Gasteiger partial charge in [0.15, 0.2) is 6.29 Å². The zero-order valence-corrected chi connectivity index (χ0v) is 12.0. The number of hydrogen-bond acceptors (Lipinski definition) is 2. The van der Waals surface area contributed by atoms with Gasteiger partial charge in [-0.25, -0.2) is 4.39 Å². The fourth-order valence-corrected chi connectivity index (χ4v) is 2.18. The van der Waals surface area contributed by atoms with E-state index >= 15 is 0 Å². The summed E-state index contributed by atoms with van der Waals surface area (Å²) in [5.74, 6) is 0.0723. The van der Waals surface area contributed by atoms with Gasteiger partial charge in [0.05, 0.1) is 15.1 Å². The summed E-state index contributed by atoms with van der Waals surface area (Å²) in [6.45, 7) is 0.222. The summed E-state index contributed by atoms with van der Waals surface area (Å²) in [5, 5.41) is 0.341. The van der Waals surface area contributed by atoms with E-state index in [9.17, 15) is 9.18 Å². The molecule has 0 aliphatic rings. The topological polar surface area (TPSA) is 26.3 Å². The molecular weight excluding hydrogens is 335 g/mol. The second-order valence-corrected chi connectivity index (χ2v) is 5.07. The number of carbonyl (C=O) groups is 1. The summed E-state index contributed by atoms with van der Waals surface area (Å²) in [7, 11) is 0. The van der Waals surface area contributed by atoms with Crippen LogP contribution in [0.25, 0.3) is 0 Å². The minimum absolute atomic E-state index is 0.222. The van der Waals surface area contributed by atoms with Crippen molar-refractivity contribution in [2.24, 2.45) is 0 Å². The van der Waals surface area contributed by atoms with Crippen molar-refractivity contribution in [3.8, 4) is 5.75 Å². The van der Waals surface area contributed by atoms with Gasteiger partial charge >= 0.3 is 0 Å². The Hall–Kier alpha value is -1.39. The molecule has 0 bridgehead atoms. The third-order valence-corrected chi connectivity index (χ3v) is 3.45. The molecule has 98 valence electrons. The van der Waals surface area contributed by atoms with Crippen LogP contribution in [0.15, 0.2) is 40.9 Å². The molecule has 0 heterocycles. The lowest BCUT2D eigenvalue weighted by molar-refractivity contribution is 0.111. The first-order valence-electron chi connectivity index (χ1n) is 5.42. The minimum atomic E-state index is -0.333. The van der Waals surface area contributed by atoms with E-state index in [2.05, 4.69) is 15.9 Å². The number of carbonyl (C=O) groups excluding carboxylic acids is 1. The molecule has 0 saturated heterocycles. The Balaban J connectivity index is 2.16. The number of benzene rings is 2. The van der Waals surface area contributed by atoms with Gasteiger partial charge in [-0.2, -0.15) is 0 Å². The second-order valence-electron chi connectivity index (χ2n) is 3.81. The number of hydrogen-bond donors (Lipinski definition) is 0. The summed E-state index contributed by atoms with van der Waals surface area (Å²) >= 11 is 8.99. The van der Waals surface area contributed by atoms with Gasteiger partial charge in [0.1, 0.15) is 18.2 Å². The van der Waals surface area contributed by atoms with Crippen molar-refractivity contribution in [1.29, 1.82) is 0 Å². The fourth-order valence-electron chi connectivity index (χ4n) is 1.55. The Morgan fingerprint density at radius 1 is 1.32 bits per heavy atom. The molecule has 0 fully saturated rings. The maximum atomic E-state index is 13.1. The molecule has 0 aliphatic heterocycles. The number of ether oxygens (including phenoxy) is 1. The normalized spacial score (nSPS) is 10.3. The standard InChI is InChI=1S/C14H9BrClFO2/c15-11-6-9(4-5-13(11)17)8-19-14-3-1-2-12(16)10(14)7-18/h1-7H,8H2. The predicted octanol–water partition coefficient (Wildman–Crippen LogP) is 4.63. The van der Waals surface area contributed by atoms with Crippen molar-refractivity contribution in [1.82, 2.24) is 0 Å². The number of rotatable bonds is 4. The third-order valence-electron chi connectivity index (χ3n) is 2.51. The SMILES string of the molecule is O=Cc1c(Cl)cccc1OCc1ccc(F)c(Br)c1. The highest BCUT2D eigenvalue weighted by Crippen LogP contribution is 2.25. The zero-order valence-electron chi connectivity index (χ0n) is 9.70. The first-order chi connectivity index (χ1) is 9.11. The molecule has 0 atom stereocenters. The summed E-state index contributed by atoms with van der Waals surface area (Å²) in [5.41, 5.74) is 1.09. The molecule has 0 saturated carbocycles. The van der Waals surface area contributed by atoms with Crippen LogP contribution in [0, 0.1) is 5.82 Å². The monoisotopic (exact) mass is 342 g/mol. The van der Waals surface area contributed by atoms with Crippen molar-refractivity contribution >= 4 is 33.8 Å². The van der Waals surface area contributed by atoms with Gasteiger partial charge in [-0.1, -0.05) is 23.7 Å². The van der Waals surface area contributed by atoms with Gasteiger partial charge in [0, 0.05) is 0 Å². The summed E-state index contributed by atoms with van der Waals surface area (Å²) < 4.78 is 19.0. The van der Waals surface area contributed by atoms with Crippen molar-refractivity contribution in [2.45, 2.75) is 6.61 Å². The van der Waals surface area contributed by atoms with Crippen LogP contribution in [0.4, 0.5) is 4.39 Å². The lowest BCUT2D eigenvalue weighted by Gasteiger charge is -2.09. The molecule has 2 aromatic rings. The molecule has 0 N–H and O–H groups in total. The molecule has 2 rings (SSSR count). The lowest BCUT2D eigenvalue weighted by Crippen LogP contribution is -1.99. The van der Waals surface area contributed by atoms with Crippen LogP contribution in [0.5, 0.6) is 5.75 Å². The summed E-state index contributed by atoms with van der Waals surface area (Å²) in [6, 6.07) is 9.57. The molecule has 5 heteroatoms. The average molecular weight is 344 g/mol. The van der Waals surface area contributed by atoms with Crippen LogP contribution in [0.2, 0.25) is 5.02 Å². The van der Waals surface area contributed by atoms with Crippen LogP contribution < -0.4 is 4.74 Å². The lowest BCUT2D eigenvalue weighted by atomic mass is 10.2. The maximum absolute atomic E-state index is 13.1. The fraction of sp³-hybridized carbons (Fsp3) is 0.0714. The molecular formula is C14H9BrClFO2. The van der Waals surface area contributed by atoms with E-state index in [1.165, 1.54) is 6.07 Å². The van der Waals surface area contributed by atoms with E-state index in [4.69, 9.17) is 16.3 Å². The van der Waals surface area contributed by atoms with E-state index in [1.54, 1.807) is 30.3 Å². The molecule has 0 aromatic heterocycles. The van der Waals surface area contributed by atoms with Crippen molar-refractivity contribution < 1.29 is 13.9 Å². The molecule has 19 heavy (non-hydrogen) atoms. The van der Waals surface area contributed by atoms with Crippen molar-refractivity contribution in [3.05, 3.63) is 62.8 Å². The van der Waals surface area contributed by atoms with E-state index in [0.717, 1.165) is 5.56 Å². The molecule has 0 unspecified atom stereocenters. The van der Waals surface area contributed by atoms with Crippen molar-refractivity contribution in [2.75, 3.05) is 0 Å². The van der Waals surface area contributed by atoms with Gasteiger partial charge in [-0.15, -0.1) is 0 Å². The summed E-state index contributed by atoms with van der Waals surface area (Å²) in [4.78, 5) is 10.9. The second kappa shape index (κ2) is 6.17. The Morgan fingerprint density at radius 2 is 2.11 bits per heavy atom. The third kappa shape index (κ3) is 3.33. The van der Waals surface area contributed by atoms with E-state index in [1.807, 2.05) is 0 Å². The first-order valence-corrected chi connectivity index (χ1v) is 6.59. The Morgan fingerprint density at radius 3 is 2.79 bits per heavy atom. The molecule has 2 nitrogen and oxygen atoms in total. The van der Waals surface area contributed by atoms with Crippen molar-refractivity contribution in [3.63, 3.8) is 0 Å². The Bertz CT molecular complexity index is 616. The first kappa shape index (κ1) is 14.0. The molecule has 0 aliphatic carbocycles. The number of halogens is 3. The van der Waals surface area contributed by atoms with Crippen LogP contribution in [-0.4, -0.2) is 6.29 Å². The van der Waals surface area contributed by atoms with E-state index in [0.29, 0.717) is 27.1 Å². The van der Waals surface area contributed by atoms with E-state index in [-0.39, 0.29) is 12.4 Å². The van der Waals surface area contributed by atoms with Crippen LogP contribution >= 0.6 is 27.5 Å². The molecule has 0 spiro atoms. The minimum Gasteiger partial charge on any atom is -0.488 e. The van der Waals surface area contributed by atoms with E-state index < -0.39 is 0 Å². The molecule has 0 radical (unpaired) electrons.